The Morgan fingerprint density at radius 2 is 1.43 bits per heavy atom. The molecule has 11 N–H and O–H groups in total. The number of benzene rings is 1. The Balaban J connectivity index is 1.38. The topological polar surface area (TPSA) is 274 Å². The molecule has 0 bridgehead atoms. The number of carboxylic acids is 2. The van der Waals surface area contributed by atoms with Crippen molar-refractivity contribution in [1.29, 1.82) is 0 Å². The number of hydrogen-bond donors (Lipinski definition) is 10. The van der Waals surface area contributed by atoms with Crippen molar-refractivity contribution in [1.82, 2.24) is 36.9 Å². The summed E-state index contributed by atoms with van der Waals surface area (Å²) in [6, 6.07) is 4.56. The lowest BCUT2D eigenvalue weighted by atomic mass is 9.84. The molecule has 0 radical (unpaired) electrons. The van der Waals surface area contributed by atoms with Gasteiger partial charge in [-0.2, -0.15) is 0 Å². The van der Waals surface area contributed by atoms with Crippen molar-refractivity contribution in [2.24, 2.45) is 29.4 Å². The first kappa shape index (κ1) is 48.6. The van der Waals surface area contributed by atoms with Gasteiger partial charge in [-0.05, 0) is 68.5 Å². The lowest BCUT2D eigenvalue weighted by Gasteiger charge is -2.34. The highest BCUT2D eigenvalue weighted by Gasteiger charge is 2.35. The minimum Gasteiger partial charge on any atom is -0.481 e. The smallest absolute Gasteiger partial charge is 0.305 e. The number of nitrogens with one attached hydrogen (secondary N) is 7. The molecule has 1 aliphatic carbocycles. The highest BCUT2D eigenvalue weighted by Crippen LogP contribution is 2.25. The van der Waals surface area contributed by atoms with Crippen LogP contribution in [0.1, 0.15) is 110 Å². The number of fused-ring (bicyclic) bond motifs is 1. The SMILES string of the molecule is CC(C)C[C@@H](CC(=O)N[C@@H](CCC(=O)O)CC(=O)O)NC(=O)[C@@H]1CNCC[C@H]1NC(=O)C[C@@H](NC(=O)C[C@H](Cc1c[nH]c2ccccc12)NC(=O)[C@@H]1CCCC[C@H]1N)C(C)C. The Hall–Kier alpha value is -5.03. The summed E-state index contributed by atoms with van der Waals surface area (Å²) in [6.45, 7) is 8.56. The number of carbonyl (C=O) groups is 7. The molecular weight excluding hydrogens is 785 g/mol. The summed E-state index contributed by atoms with van der Waals surface area (Å²) in [7, 11) is 0. The maximum atomic E-state index is 13.8. The number of H-pyrrole nitrogens is 1. The first-order chi connectivity index (χ1) is 29.0. The minimum absolute atomic E-state index is 0.00724. The molecular formula is C44H68N8O9. The van der Waals surface area contributed by atoms with Crippen LogP contribution in [-0.2, 0) is 40.0 Å². The summed E-state index contributed by atoms with van der Waals surface area (Å²) in [6.07, 6.45) is 5.66. The molecule has 5 amide bonds. The van der Waals surface area contributed by atoms with E-state index in [-0.39, 0.29) is 86.1 Å². The number of para-hydroxylation sites is 1. The molecule has 17 heteroatoms. The van der Waals surface area contributed by atoms with E-state index in [1.54, 1.807) is 0 Å². The Morgan fingerprint density at radius 3 is 2.11 bits per heavy atom. The molecule has 2 aromatic rings. The third-order valence-electron chi connectivity index (χ3n) is 11.8. The molecule has 1 aromatic heterocycles. The molecule has 1 saturated heterocycles. The second kappa shape index (κ2) is 23.8. The molecule has 0 unspecified atom stereocenters. The molecule has 2 aliphatic rings. The highest BCUT2D eigenvalue weighted by molar-refractivity contribution is 5.86. The van der Waals surface area contributed by atoms with Crippen molar-refractivity contribution in [2.45, 2.75) is 147 Å². The van der Waals surface area contributed by atoms with Crippen molar-refractivity contribution in [3.05, 3.63) is 36.0 Å². The van der Waals surface area contributed by atoms with Crippen LogP contribution in [0.3, 0.4) is 0 Å². The van der Waals surface area contributed by atoms with Crippen molar-refractivity contribution in [2.75, 3.05) is 13.1 Å². The van der Waals surface area contributed by atoms with E-state index >= 15 is 0 Å². The third-order valence-corrected chi connectivity index (χ3v) is 11.8. The number of aromatic amines is 1. The predicted molar refractivity (Wildman–Crippen MR) is 230 cm³/mol. The van der Waals surface area contributed by atoms with Crippen molar-refractivity contribution in [3.8, 4) is 0 Å². The molecule has 17 nitrogen and oxygen atoms in total. The number of carboxylic acid groups (broad SMARTS) is 2. The van der Waals surface area contributed by atoms with Gasteiger partial charge in [0, 0.05) is 85.6 Å². The molecule has 2 fully saturated rings. The van der Waals surface area contributed by atoms with Crippen molar-refractivity contribution >= 4 is 52.4 Å². The van der Waals surface area contributed by atoms with Crippen LogP contribution >= 0.6 is 0 Å². The average molecular weight is 853 g/mol. The van der Waals surface area contributed by atoms with Gasteiger partial charge in [0.05, 0.1) is 18.3 Å². The molecule has 61 heavy (non-hydrogen) atoms. The molecule has 0 spiro atoms. The van der Waals surface area contributed by atoms with E-state index in [9.17, 15) is 38.7 Å². The Bertz CT molecular complexity index is 1820. The first-order valence-electron chi connectivity index (χ1n) is 21.9. The van der Waals surface area contributed by atoms with Gasteiger partial charge in [0.25, 0.3) is 0 Å². The number of aliphatic carboxylic acids is 2. The van der Waals surface area contributed by atoms with Crippen LogP contribution < -0.4 is 37.6 Å². The Labute approximate surface area is 358 Å². The van der Waals surface area contributed by atoms with Gasteiger partial charge in [-0.3, -0.25) is 33.6 Å². The molecule has 1 aromatic carbocycles. The van der Waals surface area contributed by atoms with Crippen LogP contribution in [0.2, 0.25) is 0 Å². The van der Waals surface area contributed by atoms with Gasteiger partial charge in [-0.25, -0.2) is 0 Å². The van der Waals surface area contributed by atoms with Crippen LogP contribution in [0.15, 0.2) is 30.5 Å². The zero-order chi connectivity index (χ0) is 44.6. The summed E-state index contributed by atoms with van der Waals surface area (Å²) in [5.74, 6) is -4.93. The number of rotatable bonds is 23. The fourth-order valence-electron chi connectivity index (χ4n) is 8.56. The quantitative estimate of drug-likeness (QED) is 0.0776. The van der Waals surface area contributed by atoms with Gasteiger partial charge in [0.15, 0.2) is 0 Å². The molecule has 338 valence electrons. The van der Waals surface area contributed by atoms with Gasteiger partial charge < -0.3 is 52.8 Å². The molecule has 8 atom stereocenters. The zero-order valence-corrected chi connectivity index (χ0v) is 36.1. The van der Waals surface area contributed by atoms with Crippen LogP contribution in [0.4, 0.5) is 0 Å². The van der Waals surface area contributed by atoms with Crippen LogP contribution in [0.25, 0.3) is 10.9 Å². The van der Waals surface area contributed by atoms with Gasteiger partial charge in [0.2, 0.25) is 29.5 Å². The van der Waals surface area contributed by atoms with E-state index in [0.717, 1.165) is 35.7 Å². The predicted octanol–water partition coefficient (Wildman–Crippen LogP) is 2.47. The highest BCUT2D eigenvalue weighted by atomic mass is 16.4. The summed E-state index contributed by atoms with van der Waals surface area (Å²) >= 11 is 0. The molecule has 4 rings (SSSR count). The van der Waals surface area contributed by atoms with Gasteiger partial charge in [-0.1, -0.05) is 58.7 Å². The monoisotopic (exact) mass is 853 g/mol. The second-order valence-corrected chi connectivity index (χ2v) is 17.8. The van der Waals surface area contributed by atoms with E-state index in [2.05, 4.69) is 36.9 Å². The fraction of sp³-hybridized carbons (Fsp3) is 0.659. The van der Waals surface area contributed by atoms with Gasteiger partial charge in [-0.15, -0.1) is 0 Å². The maximum absolute atomic E-state index is 13.8. The number of piperidine rings is 1. The second-order valence-electron chi connectivity index (χ2n) is 17.8. The summed E-state index contributed by atoms with van der Waals surface area (Å²) < 4.78 is 0. The lowest BCUT2D eigenvalue weighted by Crippen LogP contribution is -2.57. The van der Waals surface area contributed by atoms with E-state index in [1.807, 2.05) is 58.2 Å². The van der Waals surface area contributed by atoms with Crippen LogP contribution in [0.5, 0.6) is 0 Å². The van der Waals surface area contributed by atoms with Gasteiger partial charge in [0.1, 0.15) is 0 Å². The maximum Gasteiger partial charge on any atom is 0.305 e. The molecule has 1 saturated carbocycles. The number of amides is 5. The van der Waals surface area contributed by atoms with E-state index in [0.29, 0.717) is 32.2 Å². The largest absolute Gasteiger partial charge is 0.481 e. The summed E-state index contributed by atoms with van der Waals surface area (Å²) in [5.41, 5.74) is 8.28. The summed E-state index contributed by atoms with van der Waals surface area (Å²) in [5, 5.41) is 37.4. The van der Waals surface area contributed by atoms with E-state index < -0.39 is 60.4 Å². The zero-order valence-electron chi connectivity index (χ0n) is 36.1. The third kappa shape index (κ3) is 16.1. The average Bonchev–Trinajstić information content (AvgIpc) is 3.58. The number of hydrogen-bond acceptors (Lipinski definition) is 9. The minimum atomic E-state index is -1.17. The first-order valence-corrected chi connectivity index (χ1v) is 21.9. The molecule has 2 heterocycles. The van der Waals surface area contributed by atoms with Crippen molar-refractivity contribution in [3.63, 3.8) is 0 Å². The normalized spacial score (nSPS) is 21.2. The molecule has 1 aliphatic heterocycles. The number of carbonyl (C=O) groups excluding carboxylic acids is 5. The Kier molecular flexibility index (Phi) is 19.0. The van der Waals surface area contributed by atoms with E-state index in [4.69, 9.17) is 10.8 Å². The van der Waals surface area contributed by atoms with Gasteiger partial charge >= 0.3 is 11.9 Å². The Morgan fingerprint density at radius 1 is 0.754 bits per heavy atom. The van der Waals surface area contributed by atoms with Crippen LogP contribution in [-0.4, -0.2) is 106 Å². The number of nitrogens with two attached hydrogens (primary N) is 1. The standard InChI is InChI=1S/C44H68N8O9/c1-25(2)17-29(19-38(53)48-28(21-42(58)59)13-14-41(56)57)49-44(61)33-24-46-16-15-36(33)51-40(55)22-37(26(3)4)52-39(54)20-30(50-43(60)32-10-5-7-11-34(32)45)18-27-23-47-35-12-8-6-9-31(27)35/h6,8-9,12,23,25-26,28-30,32-34,36-37,46-47H,5,7,10-11,13-22,24,45H2,1-4H3,(H,48,53)(H,49,61)(H,50,60)(H,51,55)(H,52,54)(H,56,57)(H,58,59)/t28-,29-,30-,32+,33+,34+,36+,37+/m0/s1. The lowest BCUT2D eigenvalue weighted by molar-refractivity contribution is -0.140. The van der Waals surface area contributed by atoms with E-state index in [1.165, 1.54) is 0 Å². The van der Waals surface area contributed by atoms with Crippen molar-refractivity contribution < 1.29 is 43.8 Å². The summed E-state index contributed by atoms with van der Waals surface area (Å²) in [4.78, 5) is 93.5. The fourth-order valence-corrected chi connectivity index (χ4v) is 8.56. The number of aromatic nitrogens is 1. The van der Waals surface area contributed by atoms with Crippen LogP contribution in [0, 0.1) is 23.7 Å².